The van der Waals surface area contributed by atoms with E-state index in [0.717, 1.165) is 36.8 Å². The Balaban J connectivity index is 2.00. The van der Waals surface area contributed by atoms with Gasteiger partial charge in [-0.15, -0.1) is 0 Å². The van der Waals surface area contributed by atoms with Crippen molar-refractivity contribution in [3.05, 3.63) is 29.3 Å². The van der Waals surface area contributed by atoms with Crippen LogP contribution in [0.1, 0.15) is 69.9 Å². The maximum atomic E-state index is 13.7. The first-order chi connectivity index (χ1) is 15.1. The highest BCUT2D eigenvalue weighted by molar-refractivity contribution is 7.89. The van der Waals surface area contributed by atoms with E-state index < -0.39 is 15.6 Å². The van der Waals surface area contributed by atoms with Crippen LogP contribution in [0.4, 0.5) is 5.69 Å². The quantitative estimate of drug-likeness (QED) is 0.656. The van der Waals surface area contributed by atoms with Crippen molar-refractivity contribution in [1.29, 1.82) is 0 Å². The number of hydrogen-bond donors (Lipinski definition) is 1. The van der Waals surface area contributed by atoms with Crippen LogP contribution in [-0.2, 0) is 19.6 Å². The molecule has 32 heavy (non-hydrogen) atoms. The number of nitrogens with zero attached hydrogens (tertiary/aromatic N) is 2. The van der Waals surface area contributed by atoms with Gasteiger partial charge in [0.05, 0.1) is 12.3 Å². The Labute approximate surface area is 192 Å². The third-order valence-electron chi connectivity index (χ3n) is 6.67. The Kier molecular flexibility index (Phi) is 7.65. The summed E-state index contributed by atoms with van der Waals surface area (Å²) in [6, 6.07) is 5.81. The molecule has 1 aromatic rings. The Morgan fingerprint density at radius 1 is 1.16 bits per heavy atom. The summed E-state index contributed by atoms with van der Waals surface area (Å²) in [6.07, 6.45) is 6.75. The van der Waals surface area contributed by atoms with E-state index in [1.807, 2.05) is 32.0 Å². The highest BCUT2D eigenvalue weighted by atomic mass is 32.2. The molecule has 2 aliphatic rings. The maximum absolute atomic E-state index is 13.7. The summed E-state index contributed by atoms with van der Waals surface area (Å²) >= 11 is 0. The van der Waals surface area contributed by atoms with Crippen molar-refractivity contribution in [3.63, 3.8) is 0 Å². The molecule has 0 radical (unpaired) electrons. The van der Waals surface area contributed by atoms with E-state index >= 15 is 0 Å². The smallest absolute Gasteiger partial charge is 0.247 e. The Bertz CT molecular complexity index is 954. The molecule has 1 saturated carbocycles. The van der Waals surface area contributed by atoms with Gasteiger partial charge in [-0.2, -0.15) is 4.31 Å². The molecule has 1 aliphatic carbocycles. The van der Waals surface area contributed by atoms with Crippen LogP contribution in [-0.4, -0.2) is 55.0 Å². The van der Waals surface area contributed by atoms with Gasteiger partial charge in [-0.1, -0.05) is 50.3 Å². The molecule has 1 N–H and O–H groups in total. The zero-order valence-corrected chi connectivity index (χ0v) is 20.6. The second kappa shape index (κ2) is 9.91. The lowest BCUT2D eigenvalue weighted by Crippen LogP contribution is -2.71. The lowest BCUT2D eigenvalue weighted by molar-refractivity contribution is -0.133. The Morgan fingerprint density at radius 2 is 1.81 bits per heavy atom. The van der Waals surface area contributed by atoms with Gasteiger partial charge in [-0.3, -0.25) is 14.5 Å². The molecule has 7 nitrogen and oxygen atoms in total. The van der Waals surface area contributed by atoms with Gasteiger partial charge in [0.2, 0.25) is 21.8 Å². The second-order valence-electron chi connectivity index (χ2n) is 9.54. The average Bonchev–Trinajstić information content (AvgIpc) is 2.97. The highest BCUT2D eigenvalue weighted by Gasteiger charge is 2.51. The van der Waals surface area contributed by atoms with Crippen LogP contribution in [0, 0.1) is 13.8 Å². The summed E-state index contributed by atoms with van der Waals surface area (Å²) in [5.74, 6) is -0.694. The van der Waals surface area contributed by atoms with Crippen LogP contribution in [0.25, 0.3) is 0 Å². The van der Waals surface area contributed by atoms with Crippen molar-refractivity contribution < 1.29 is 18.0 Å². The van der Waals surface area contributed by atoms with Crippen LogP contribution in [0.15, 0.2) is 18.2 Å². The monoisotopic (exact) mass is 463 g/mol. The van der Waals surface area contributed by atoms with Gasteiger partial charge in [-0.25, -0.2) is 8.42 Å². The molecule has 2 amide bonds. The number of nitrogens with one attached hydrogen (secondary N) is 1. The molecular formula is C24H37N3O4S. The first-order valence-electron chi connectivity index (χ1n) is 11.8. The highest BCUT2D eigenvalue weighted by Crippen LogP contribution is 2.34. The van der Waals surface area contributed by atoms with Crippen LogP contribution >= 0.6 is 0 Å². The standard InChI is InChI=1S/C24H37N3O4S/c1-5-14-32(30,31)26-16-22(28)27(21-13-12-18(2)15-19(21)3)24(4,17-26)23(29)25-20-10-8-6-7-9-11-20/h12-13,15,20H,5-11,14,16-17H2,1-4H3,(H,25,29)/t24-/m0/s1. The van der Waals surface area contributed by atoms with Gasteiger partial charge in [0.15, 0.2) is 0 Å². The normalized spacial score (nSPS) is 23.8. The molecular weight excluding hydrogens is 426 g/mol. The summed E-state index contributed by atoms with van der Waals surface area (Å²) in [5, 5.41) is 3.17. The molecule has 0 spiro atoms. The predicted octanol–water partition coefficient (Wildman–Crippen LogP) is 3.29. The van der Waals surface area contributed by atoms with Gasteiger partial charge in [0, 0.05) is 18.3 Å². The largest absolute Gasteiger partial charge is 0.351 e. The SMILES string of the molecule is CCCS(=O)(=O)N1CC(=O)N(c2ccc(C)cc2C)[C@](C)(C(=O)NC2CCCCCC2)C1. The van der Waals surface area contributed by atoms with Gasteiger partial charge >= 0.3 is 0 Å². The van der Waals surface area contributed by atoms with E-state index in [4.69, 9.17) is 0 Å². The van der Waals surface area contributed by atoms with E-state index in [1.54, 1.807) is 13.8 Å². The maximum Gasteiger partial charge on any atom is 0.247 e. The number of sulfonamides is 1. The van der Waals surface area contributed by atoms with Crippen molar-refractivity contribution >= 4 is 27.5 Å². The number of carbonyl (C=O) groups is 2. The van der Waals surface area contributed by atoms with E-state index in [1.165, 1.54) is 22.0 Å². The summed E-state index contributed by atoms with van der Waals surface area (Å²) in [6.45, 7) is 7.09. The van der Waals surface area contributed by atoms with E-state index in [2.05, 4.69) is 5.32 Å². The second-order valence-corrected chi connectivity index (χ2v) is 11.6. The molecule has 2 fully saturated rings. The molecule has 1 saturated heterocycles. The molecule has 1 aromatic carbocycles. The van der Waals surface area contributed by atoms with E-state index in [9.17, 15) is 18.0 Å². The topological polar surface area (TPSA) is 86.8 Å². The van der Waals surface area contributed by atoms with E-state index in [0.29, 0.717) is 12.1 Å². The van der Waals surface area contributed by atoms with Crippen LogP contribution in [0.5, 0.6) is 0 Å². The summed E-state index contributed by atoms with van der Waals surface area (Å²) in [7, 11) is -3.63. The first kappa shape index (κ1) is 24.7. The minimum absolute atomic E-state index is 0.0375. The molecule has 3 rings (SSSR count). The minimum Gasteiger partial charge on any atom is -0.351 e. The third-order valence-corrected chi connectivity index (χ3v) is 8.64. The zero-order valence-electron chi connectivity index (χ0n) is 19.8. The minimum atomic E-state index is -3.63. The number of benzene rings is 1. The lowest BCUT2D eigenvalue weighted by Gasteiger charge is -2.47. The number of aryl methyl sites for hydroxylation is 2. The number of amides is 2. The molecule has 1 atom stereocenters. The lowest BCUT2D eigenvalue weighted by atomic mass is 9.92. The van der Waals surface area contributed by atoms with Crippen molar-refractivity contribution in [2.45, 2.75) is 84.2 Å². The molecule has 178 valence electrons. The third kappa shape index (κ3) is 5.17. The van der Waals surface area contributed by atoms with Gasteiger partial charge < -0.3 is 5.32 Å². The van der Waals surface area contributed by atoms with Gasteiger partial charge in [0.25, 0.3) is 0 Å². The molecule has 1 heterocycles. The van der Waals surface area contributed by atoms with Gasteiger partial charge in [0.1, 0.15) is 5.54 Å². The average molecular weight is 464 g/mol. The molecule has 8 heteroatoms. The van der Waals surface area contributed by atoms with Crippen LogP contribution in [0.2, 0.25) is 0 Å². The van der Waals surface area contributed by atoms with Crippen molar-refractivity contribution in [3.8, 4) is 0 Å². The zero-order chi connectivity index (χ0) is 23.5. The fourth-order valence-electron chi connectivity index (χ4n) is 4.94. The fourth-order valence-corrected chi connectivity index (χ4v) is 6.47. The molecule has 0 bridgehead atoms. The van der Waals surface area contributed by atoms with Gasteiger partial charge in [-0.05, 0) is 51.7 Å². The van der Waals surface area contributed by atoms with Crippen molar-refractivity contribution in [2.75, 3.05) is 23.7 Å². The number of anilines is 1. The Hall–Kier alpha value is -1.93. The summed E-state index contributed by atoms with van der Waals surface area (Å²) < 4.78 is 26.9. The number of rotatable bonds is 6. The number of piperazine rings is 1. The number of carbonyl (C=O) groups excluding carboxylic acids is 2. The fraction of sp³-hybridized carbons (Fsp3) is 0.667. The summed E-state index contributed by atoms with van der Waals surface area (Å²) in [5.41, 5.74) is 1.28. The molecule has 0 unspecified atom stereocenters. The first-order valence-corrected chi connectivity index (χ1v) is 13.4. The molecule has 0 aromatic heterocycles. The van der Waals surface area contributed by atoms with Crippen molar-refractivity contribution in [2.24, 2.45) is 0 Å². The van der Waals surface area contributed by atoms with E-state index in [-0.39, 0.29) is 36.7 Å². The van der Waals surface area contributed by atoms with Crippen molar-refractivity contribution in [1.82, 2.24) is 9.62 Å². The predicted molar refractivity (Wildman–Crippen MR) is 127 cm³/mol. The Morgan fingerprint density at radius 3 is 2.41 bits per heavy atom. The summed E-state index contributed by atoms with van der Waals surface area (Å²) in [4.78, 5) is 28.6. The van der Waals surface area contributed by atoms with Crippen LogP contribution in [0.3, 0.4) is 0 Å². The number of hydrogen-bond acceptors (Lipinski definition) is 4. The van der Waals surface area contributed by atoms with Crippen LogP contribution < -0.4 is 10.2 Å². The molecule has 1 aliphatic heterocycles.